The van der Waals surface area contributed by atoms with E-state index in [0.717, 1.165) is 0 Å². The molecule has 0 rings (SSSR count). The van der Waals surface area contributed by atoms with Crippen LogP contribution in [0.3, 0.4) is 0 Å². The summed E-state index contributed by atoms with van der Waals surface area (Å²) < 4.78 is 9.39. The first kappa shape index (κ1) is 14.9. The third-order valence-electron chi connectivity index (χ3n) is 2.18. The first-order chi connectivity index (χ1) is 7.54. The van der Waals surface area contributed by atoms with Crippen LogP contribution in [0.1, 0.15) is 19.8 Å². The highest BCUT2D eigenvalue weighted by Crippen LogP contribution is 2.00. The lowest BCUT2D eigenvalue weighted by Crippen LogP contribution is -2.44. The van der Waals surface area contributed by atoms with E-state index in [0.29, 0.717) is 6.42 Å². The van der Waals surface area contributed by atoms with Crippen LogP contribution in [-0.2, 0) is 19.1 Å². The quantitative estimate of drug-likeness (QED) is 0.576. The van der Waals surface area contributed by atoms with E-state index in [-0.39, 0.29) is 18.4 Å². The molecule has 2 unspecified atom stereocenters. The summed E-state index contributed by atoms with van der Waals surface area (Å²) in [6, 6.07) is -0.990. The van der Waals surface area contributed by atoms with Crippen molar-refractivity contribution in [2.75, 3.05) is 20.8 Å². The van der Waals surface area contributed by atoms with Gasteiger partial charge in [-0.15, -0.1) is 0 Å². The summed E-state index contributed by atoms with van der Waals surface area (Å²) in [5.74, 6) is -0.969. The van der Waals surface area contributed by atoms with Gasteiger partial charge in [0.05, 0.1) is 19.8 Å². The van der Waals surface area contributed by atoms with Crippen molar-refractivity contribution in [2.24, 2.45) is 0 Å². The molecule has 0 fully saturated rings. The molecule has 0 aromatic heterocycles. The number of hydrogen-bond donors (Lipinski definition) is 2. The predicted molar refractivity (Wildman–Crippen MR) is 56.7 cm³/mol. The number of rotatable bonds is 7. The number of hydrogen-bond acceptors (Lipinski definition) is 5. The summed E-state index contributed by atoms with van der Waals surface area (Å²) in [5, 5.41) is 11.2. The third-order valence-corrected chi connectivity index (χ3v) is 2.18. The zero-order chi connectivity index (χ0) is 12.6. The Hall–Kier alpha value is -1.14. The van der Waals surface area contributed by atoms with Gasteiger partial charge in [-0.3, -0.25) is 4.79 Å². The lowest BCUT2D eigenvalue weighted by atomic mass is 10.2. The van der Waals surface area contributed by atoms with E-state index in [4.69, 9.17) is 9.84 Å². The fraction of sp³-hybridized carbons (Fsp3) is 0.800. The summed E-state index contributed by atoms with van der Waals surface area (Å²) >= 11 is 0. The highest BCUT2D eigenvalue weighted by atomic mass is 16.5. The van der Waals surface area contributed by atoms with Crippen molar-refractivity contribution in [1.29, 1.82) is 0 Å². The van der Waals surface area contributed by atoms with Crippen LogP contribution in [-0.4, -0.2) is 50.0 Å². The van der Waals surface area contributed by atoms with E-state index >= 15 is 0 Å². The van der Waals surface area contributed by atoms with Crippen LogP contribution >= 0.6 is 0 Å². The van der Waals surface area contributed by atoms with Gasteiger partial charge in [0.25, 0.3) is 0 Å². The monoisotopic (exact) mass is 233 g/mol. The van der Waals surface area contributed by atoms with Crippen LogP contribution in [0, 0.1) is 0 Å². The second-order valence-electron chi connectivity index (χ2n) is 3.41. The highest BCUT2D eigenvalue weighted by molar-refractivity contribution is 5.84. The number of aliphatic hydroxyl groups excluding tert-OH is 1. The molecule has 0 aromatic rings. The molecule has 1 amide bonds. The van der Waals surface area contributed by atoms with Crippen molar-refractivity contribution >= 4 is 11.9 Å². The SMILES string of the molecule is COC(=O)C(CO)NC(=O)CCC(C)OC. The molecule has 0 heterocycles. The molecule has 6 nitrogen and oxygen atoms in total. The van der Waals surface area contributed by atoms with Crippen LogP contribution in [0.5, 0.6) is 0 Å². The molecule has 0 aliphatic rings. The molecule has 0 spiro atoms. The number of aliphatic hydroxyl groups is 1. The van der Waals surface area contributed by atoms with Crippen LogP contribution < -0.4 is 5.32 Å². The smallest absolute Gasteiger partial charge is 0.330 e. The van der Waals surface area contributed by atoms with Gasteiger partial charge >= 0.3 is 5.97 Å². The average molecular weight is 233 g/mol. The Balaban J connectivity index is 3.97. The van der Waals surface area contributed by atoms with Crippen LogP contribution in [0.15, 0.2) is 0 Å². The van der Waals surface area contributed by atoms with E-state index in [9.17, 15) is 9.59 Å². The van der Waals surface area contributed by atoms with E-state index < -0.39 is 18.6 Å². The van der Waals surface area contributed by atoms with Gasteiger partial charge < -0.3 is 19.9 Å². The normalized spacial score (nSPS) is 14.0. The van der Waals surface area contributed by atoms with Gasteiger partial charge in [-0.05, 0) is 13.3 Å². The van der Waals surface area contributed by atoms with Crippen LogP contribution in [0.25, 0.3) is 0 Å². The third kappa shape index (κ3) is 5.67. The van der Waals surface area contributed by atoms with E-state index in [1.165, 1.54) is 7.11 Å². The van der Waals surface area contributed by atoms with Gasteiger partial charge in [-0.1, -0.05) is 0 Å². The van der Waals surface area contributed by atoms with Crippen molar-refractivity contribution in [3.05, 3.63) is 0 Å². The molecular weight excluding hydrogens is 214 g/mol. The first-order valence-corrected chi connectivity index (χ1v) is 5.06. The van der Waals surface area contributed by atoms with Crippen molar-refractivity contribution in [3.8, 4) is 0 Å². The van der Waals surface area contributed by atoms with Crippen molar-refractivity contribution < 1.29 is 24.2 Å². The average Bonchev–Trinajstić information content (AvgIpc) is 2.31. The molecule has 0 saturated heterocycles. The van der Waals surface area contributed by atoms with E-state index in [1.54, 1.807) is 7.11 Å². The van der Waals surface area contributed by atoms with Gasteiger partial charge in [0.15, 0.2) is 6.04 Å². The number of amides is 1. The number of nitrogens with one attached hydrogen (secondary N) is 1. The maximum atomic E-state index is 11.4. The van der Waals surface area contributed by atoms with Gasteiger partial charge in [-0.25, -0.2) is 4.79 Å². The summed E-state index contributed by atoms with van der Waals surface area (Å²) in [5.41, 5.74) is 0. The Morgan fingerprint density at radius 3 is 2.44 bits per heavy atom. The number of methoxy groups -OCH3 is 2. The first-order valence-electron chi connectivity index (χ1n) is 5.06. The number of esters is 1. The molecule has 2 N–H and O–H groups in total. The van der Waals surface area contributed by atoms with Gasteiger partial charge in [-0.2, -0.15) is 0 Å². The molecule has 16 heavy (non-hydrogen) atoms. The van der Waals surface area contributed by atoms with Gasteiger partial charge in [0.2, 0.25) is 5.91 Å². The zero-order valence-electron chi connectivity index (χ0n) is 9.86. The summed E-state index contributed by atoms with van der Waals surface area (Å²) in [4.78, 5) is 22.4. The molecule has 0 saturated carbocycles. The summed E-state index contributed by atoms with van der Waals surface area (Å²) in [6.07, 6.45) is 0.779. The van der Waals surface area contributed by atoms with Crippen molar-refractivity contribution in [2.45, 2.75) is 31.9 Å². The number of carbonyl (C=O) groups is 2. The molecule has 94 valence electrons. The predicted octanol–water partition coefficient (Wildman–Crippen LogP) is -0.548. The lowest BCUT2D eigenvalue weighted by Gasteiger charge is -2.14. The highest BCUT2D eigenvalue weighted by Gasteiger charge is 2.20. The Morgan fingerprint density at radius 2 is 2.00 bits per heavy atom. The Bertz CT molecular complexity index is 231. The van der Waals surface area contributed by atoms with Gasteiger partial charge in [0, 0.05) is 13.5 Å². The minimum absolute atomic E-state index is 0.0172. The van der Waals surface area contributed by atoms with Crippen LogP contribution in [0.2, 0.25) is 0 Å². The minimum Gasteiger partial charge on any atom is -0.467 e. The molecule has 0 aliphatic heterocycles. The largest absolute Gasteiger partial charge is 0.467 e. The number of ether oxygens (including phenoxy) is 2. The van der Waals surface area contributed by atoms with Crippen molar-refractivity contribution in [1.82, 2.24) is 5.32 Å². The molecule has 0 aliphatic carbocycles. The fourth-order valence-corrected chi connectivity index (χ4v) is 1.04. The lowest BCUT2D eigenvalue weighted by molar-refractivity contribution is -0.146. The number of carbonyl (C=O) groups excluding carboxylic acids is 2. The molecule has 0 radical (unpaired) electrons. The summed E-state index contributed by atoms with van der Waals surface area (Å²) in [6.45, 7) is 1.37. The molecular formula is C10H19NO5. The van der Waals surface area contributed by atoms with Crippen LogP contribution in [0.4, 0.5) is 0 Å². The van der Waals surface area contributed by atoms with E-state index in [2.05, 4.69) is 10.1 Å². The standard InChI is InChI=1S/C10H19NO5/c1-7(15-2)4-5-9(13)11-8(6-12)10(14)16-3/h7-8,12H,4-6H2,1-3H3,(H,11,13). The molecule has 6 heteroatoms. The summed E-state index contributed by atoms with van der Waals surface area (Å²) in [7, 11) is 2.76. The Labute approximate surface area is 94.9 Å². The van der Waals surface area contributed by atoms with Gasteiger partial charge in [0.1, 0.15) is 0 Å². The molecule has 0 aromatic carbocycles. The maximum Gasteiger partial charge on any atom is 0.330 e. The second kappa shape index (κ2) is 8.06. The molecule has 2 atom stereocenters. The van der Waals surface area contributed by atoms with Crippen molar-refractivity contribution in [3.63, 3.8) is 0 Å². The maximum absolute atomic E-state index is 11.4. The Kier molecular flexibility index (Phi) is 7.49. The second-order valence-corrected chi connectivity index (χ2v) is 3.41. The van der Waals surface area contributed by atoms with E-state index in [1.807, 2.05) is 6.92 Å². The molecule has 0 bridgehead atoms. The Morgan fingerprint density at radius 1 is 1.38 bits per heavy atom. The minimum atomic E-state index is -0.990. The zero-order valence-corrected chi connectivity index (χ0v) is 9.86. The topological polar surface area (TPSA) is 84.9 Å². The fourth-order valence-electron chi connectivity index (χ4n) is 1.04.